The Hall–Kier alpha value is -3.42. The van der Waals surface area contributed by atoms with Gasteiger partial charge in [-0.05, 0) is 12.5 Å². The Morgan fingerprint density at radius 1 is 1.25 bits per heavy atom. The zero-order valence-corrected chi connectivity index (χ0v) is 12.7. The number of aromatic nitrogens is 3. The summed E-state index contributed by atoms with van der Waals surface area (Å²) in [4.78, 5) is 32.2. The number of nitrogens with one attached hydrogen (secondary N) is 1. The number of aromatic hydroxyl groups is 1. The van der Waals surface area contributed by atoms with Gasteiger partial charge in [-0.3, -0.25) is 9.59 Å². The first-order chi connectivity index (χ1) is 11.5. The van der Waals surface area contributed by atoms with Crippen LogP contribution in [0.2, 0.25) is 0 Å². The van der Waals surface area contributed by atoms with Crippen molar-refractivity contribution in [2.75, 3.05) is 0 Å². The predicted octanol–water partition coefficient (Wildman–Crippen LogP) is 0.973. The third-order valence-corrected chi connectivity index (χ3v) is 3.62. The van der Waals surface area contributed by atoms with Gasteiger partial charge in [-0.15, -0.1) is 4.73 Å². The molecule has 3 aromatic rings. The molecule has 122 valence electrons. The van der Waals surface area contributed by atoms with E-state index in [0.29, 0.717) is 5.69 Å². The summed E-state index contributed by atoms with van der Waals surface area (Å²) in [6.45, 7) is 1.74. The zero-order chi connectivity index (χ0) is 17.3. The number of carbonyl (C=O) groups excluding carboxylic acids is 1. The Bertz CT molecular complexity index is 983. The van der Waals surface area contributed by atoms with E-state index >= 15 is 0 Å². The molecule has 0 fully saturated rings. The fraction of sp³-hybridized carbons (Fsp3) is 0.125. The van der Waals surface area contributed by atoms with E-state index in [9.17, 15) is 19.9 Å². The van der Waals surface area contributed by atoms with Crippen LogP contribution in [0.5, 0.6) is 5.75 Å². The normalized spacial score (nSPS) is 10.7. The fourth-order valence-corrected chi connectivity index (χ4v) is 2.40. The third-order valence-electron chi connectivity index (χ3n) is 3.62. The van der Waals surface area contributed by atoms with Crippen LogP contribution in [0.3, 0.4) is 0 Å². The van der Waals surface area contributed by atoms with Crippen LogP contribution < -0.4 is 10.9 Å². The van der Waals surface area contributed by atoms with Crippen LogP contribution in [-0.4, -0.2) is 30.9 Å². The molecule has 0 aliphatic heterocycles. The number of amides is 1. The first-order valence-corrected chi connectivity index (χ1v) is 7.11. The van der Waals surface area contributed by atoms with E-state index < -0.39 is 22.8 Å². The quantitative estimate of drug-likeness (QED) is 0.617. The van der Waals surface area contributed by atoms with E-state index in [1.165, 1.54) is 0 Å². The smallest absolute Gasteiger partial charge is 0.301 e. The molecule has 2 aromatic heterocycles. The van der Waals surface area contributed by atoms with Crippen molar-refractivity contribution in [3.05, 3.63) is 63.8 Å². The highest BCUT2D eigenvalue weighted by molar-refractivity contribution is 6.02. The molecule has 0 unspecified atom stereocenters. The highest BCUT2D eigenvalue weighted by Gasteiger charge is 2.24. The van der Waals surface area contributed by atoms with Gasteiger partial charge in [0.15, 0.2) is 11.2 Å². The Morgan fingerprint density at radius 3 is 2.67 bits per heavy atom. The second-order valence-corrected chi connectivity index (χ2v) is 5.17. The van der Waals surface area contributed by atoms with Gasteiger partial charge in [0, 0.05) is 6.54 Å². The third kappa shape index (κ3) is 2.54. The first-order valence-electron chi connectivity index (χ1n) is 7.11. The number of benzene rings is 1. The van der Waals surface area contributed by atoms with Gasteiger partial charge in [0.05, 0.1) is 11.1 Å². The second-order valence-electron chi connectivity index (χ2n) is 5.17. The Morgan fingerprint density at radius 2 is 1.96 bits per heavy atom. The van der Waals surface area contributed by atoms with Crippen molar-refractivity contribution in [3.63, 3.8) is 0 Å². The topological polar surface area (TPSA) is 117 Å². The highest BCUT2D eigenvalue weighted by atomic mass is 16.5. The molecule has 3 N–H and O–H groups in total. The molecule has 0 saturated carbocycles. The van der Waals surface area contributed by atoms with E-state index in [0.717, 1.165) is 11.9 Å². The monoisotopic (exact) mass is 326 g/mol. The minimum absolute atomic E-state index is 0.0458. The maximum absolute atomic E-state index is 12.3. The summed E-state index contributed by atoms with van der Waals surface area (Å²) in [5.74, 6) is -1.35. The van der Waals surface area contributed by atoms with Crippen LogP contribution >= 0.6 is 0 Å². The number of pyridine rings is 1. The van der Waals surface area contributed by atoms with E-state index in [2.05, 4.69) is 15.3 Å². The minimum atomic E-state index is -1.05. The van der Waals surface area contributed by atoms with Crippen molar-refractivity contribution < 1.29 is 15.1 Å². The molecule has 0 saturated heterocycles. The van der Waals surface area contributed by atoms with Crippen LogP contribution in [0.15, 0.2) is 41.5 Å². The molecule has 2 heterocycles. The minimum Gasteiger partial charge on any atom is -0.506 e. The number of nitrogens with zero attached hydrogens (tertiary/aromatic N) is 3. The Labute approximate surface area is 136 Å². The molecule has 3 rings (SSSR count). The molecule has 0 aliphatic carbocycles. The van der Waals surface area contributed by atoms with Crippen LogP contribution in [0, 0.1) is 6.92 Å². The van der Waals surface area contributed by atoms with E-state index in [1.54, 1.807) is 6.92 Å². The molecular formula is C16H14N4O4. The van der Waals surface area contributed by atoms with Gasteiger partial charge >= 0.3 is 5.56 Å². The van der Waals surface area contributed by atoms with Crippen molar-refractivity contribution >= 4 is 16.9 Å². The van der Waals surface area contributed by atoms with Gasteiger partial charge in [-0.1, -0.05) is 30.3 Å². The summed E-state index contributed by atoms with van der Waals surface area (Å²) < 4.78 is 0.237. The summed E-state index contributed by atoms with van der Waals surface area (Å²) in [5, 5.41) is 22.9. The molecule has 8 heteroatoms. The predicted molar refractivity (Wildman–Crippen MR) is 85.0 cm³/mol. The summed E-state index contributed by atoms with van der Waals surface area (Å²) >= 11 is 0. The summed E-state index contributed by atoms with van der Waals surface area (Å²) in [6.07, 6.45) is 1.15. The summed E-state index contributed by atoms with van der Waals surface area (Å²) in [6, 6.07) is 9.09. The molecule has 0 radical (unpaired) electrons. The van der Waals surface area contributed by atoms with Gasteiger partial charge in [0.1, 0.15) is 12.1 Å². The maximum atomic E-state index is 12.3. The van der Waals surface area contributed by atoms with Gasteiger partial charge in [0.25, 0.3) is 5.91 Å². The molecule has 1 amide bonds. The van der Waals surface area contributed by atoms with Crippen molar-refractivity contribution in [1.29, 1.82) is 0 Å². The van der Waals surface area contributed by atoms with E-state index in [-0.39, 0.29) is 22.3 Å². The molecule has 0 spiro atoms. The average molecular weight is 326 g/mol. The van der Waals surface area contributed by atoms with Gasteiger partial charge < -0.3 is 15.6 Å². The molecule has 0 aliphatic rings. The number of hydrogen-bond acceptors (Lipinski definition) is 6. The molecule has 1 aromatic carbocycles. The first kappa shape index (κ1) is 15.5. The number of carbonyl (C=O) groups is 1. The zero-order valence-electron chi connectivity index (χ0n) is 12.7. The second kappa shape index (κ2) is 5.99. The van der Waals surface area contributed by atoms with Crippen LogP contribution in [-0.2, 0) is 6.54 Å². The molecular weight excluding hydrogens is 312 g/mol. The number of hydrogen-bond donors (Lipinski definition) is 3. The summed E-state index contributed by atoms with van der Waals surface area (Å²) in [5.41, 5.74) is -0.612. The number of aryl methyl sites for hydroxylation is 1. The molecule has 8 nitrogen and oxygen atoms in total. The number of fused-ring (bicyclic) bond motifs is 1. The molecule has 0 atom stereocenters. The standard InChI is InChI=1S/C16H14N4O4/c1-9-11-13(21)12(16(23)20(24)14(11)19-8-18-9)15(22)17-7-10-5-3-2-4-6-10/h2-6,8,21,24H,7H2,1H3,(H,17,22). The maximum Gasteiger partial charge on any atom is 0.301 e. The largest absolute Gasteiger partial charge is 0.506 e. The van der Waals surface area contributed by atoms with Crippen molar-refractivity contribution in [1.82, 2.24) is 20.0 Å². The lowest BCUT2D eigenvalue weighted by Gasteiger charge is -2.11. The number of rotatable bonds is 3. The highest BCUT2D eigenvalue weighted by Crippen LogP contribution is 2.26. The lowest BCUT2D eigenvalue weighted by Crippen LogP contribution is -2.33. The van der Waals surface area contributed by atoms with Crippen molar-refractivity contribution in [2.24, 2.45) is 0 Å². The van der Waals surface area contributed by atoms with Crippen LogP contribution in [0.1, 0.15) is 21.6 Å². The van der Waals surface area contributed by atoms with Crippen molar-refractivity contribution in [3.8, 4) is 5.75 Å². The lowest BCUT2D eigenvalue weighted by molar-refractivity contribution is 0.0940. The van der Waals surface area contributed by atoms with Crippen molar-refractivity contribution in [2.45, 2.75) is 13.5 Å². The molecule has 24 heavy (non-hydrogen) atoms. The van der Waals surface area contributed by atoms with Crippen LogP contribution in [0.4, 0.5) is 0 Å². The van der Waals surface area contributed by atoms with E-state index in [1.807, 2.05) is 30.3 Å². The van der Waals surface area contributed by atoms with Gasteiger partial charge in [0.2, 0.25) is 0 Å². The lowest BCUT2D eigenvalue weighted by atomic mass is 10.1. The Balaban J connectivity index is 2.04. The Kier molecular flexibility index (Phi) is 3.87. The van der Waals surface area contributed by atoms with E-state index in [4.69, 9.17) is 0 Å². The fourth-order valence-electron chi connectivity index (χ4n) is 2.40. The average Bonchev–Trinajstić information content (AvgIpc) is 2.59. The summed E-state index contributed by atoms with van der Waals surface area (Å²) in [7, 11) is 0. The van der Waals surface area contributed by atoms with Crippen LogP contribution in [0.25, 0.3) is 11.0 Å². The molecule has 0 bridgehead atoms. The van der Waals surface area contributed by atoms with Gasteiger partial charge in [-0.25, -0.2) is 9.97 Å². The SMILES string of the molecule is Cc1ncnc2c1c(O)c(C(=O)NCc1ccccc1)c(=O)n2O. The van der Waals surface area contributed by atoms with Gasteiger partial charge in [-0.2, -0.15) is 0 Å².